The molecule has 0 bridgehead atoms. The van der Waals surface area contributed by atoms with Crippen molar-refractivity contribution in [1.29, 1.82) is 0 Å². The van der Waals surface area contributed by atoms with Crippen LogP contribution < -0.4 is 0 Å². The molecule has 15 heavy (non-hydrogen) atoms. The van der Waals surface area contributed by atoms with E-state index in [1.165, 1.54) is 0 Å². The molecule has 1 heterocycles. The molecule has 5 nitrogen and oxygen atoms in total. The van der Waals surface area contributed by atoms with Gasteiger partial charge in [0, 0.05) is 21.3 Å². The lowest BCUT2D eigenvalue weighted by Crippen LogP contribution is -2.43. The van der Waals surface area contributed by atoms with Crippen LogP contribution in [0.25, 0.3) is 0 Å². The highest BCUT2D eigenvalue weighted by Crippen LogP contribution is 2.20. The van der Waals surface area contributed by atoms with E-state index < -0.39 is 8.80 Å². The van der Waals surface area contributed by atoms with Gasteiger partial charge >= 0.3 is 8.80 Å². The molecule has 0 aliphatic carbocycles. The SMILES string of the molecule is C=C(C[Si](OC)(OC)OC)OCC1CO1. The Bertz CT molecular complexity index is 204. The second-order valence-corrected chi connectivity index (χ2v) is 6.22. The molecule has 1 aliphatic rings. The van der Waals surface area contributed by atoms with Crippen molar-refractivity contribution in [1.82, 2.24) is 0 Å². The Morgan fingerprint density at radius 1 is 1.33 bits per heavy atom. The largest absolute Gasteiger partial charge is 0.507 e. The predicted molar refractivity (Wildman–Crippen MR) is 56.4 cm³/mol. The summed E-state index contributed by atoms with van der Waals surface area (Å²) in [5, 5.41) is 0. The maximum absolute atomic E-state index is 5.40. The molecule has 0 spiro atoms. The van der Waals surface area contributed by atoms with Crippen LogP contribution in [0.2, 0.25) is 6.04 Å². The van der Waals surface area contributed by atoms with Gasteiger partial charge in [0.05, 0.1) is 18.4 Å². The highest BCUT2D eigenvalue weighted by molar-refractivity contribution is 6.61. The average Bonchev–Trinajstić information content (AvgIpc) is 3.07. The molecule has 0 aromatic heterocycles. The maximum Gasteiger partial charge on any atom is 0.507 e. The highest BCUT2D eigenvalue weighted by atomic mass is 28.4. The zero-order valence-electron chi connectivity index (χ0n) is 9.45. The van der Waals surface area contributed by atoms with Crippen LogP contribution in [0.1, 0.15) is 0 Å². The van der Waals surface area contributed by atoms with E-state index in [0.29, 0.717) is 18.4 Å². The molecule has 0 aromatic carbocycles. The lowest BCUT2D eigenvalue weighted by Gasteiger charge is -2.24. The van der Waals surface area contributed by atoms with Gasteiger partial charge in [0.15, 0.2) is 0 Å². The topological polar surface area (TPSA) is 49.5 Å². The molecular weight excluding hydrogens is 216 g/mol. The minimum atomic E-state index is -2.60. The number of hydrogen-bond donors (Lipinski definition) is 0. The number of epoxide rings is 1. The summed E-state index contributed by atoms with van der Waals surface area (Å²) in [4.78, 5) is 0. The number of rotatable bonds is 8. The van der Waals surface area contributed by atoms with Crippen LogP contribution in [0.15, 0.2) is 12.3 Å². The molecule has 1 saturated heterocycles. The minimum absolute atomic E-state index is 0.227. The van der Waals surface area contributed by atoms with Crippen LogP contribution in [-0.2, 0) is 22.8 Å². The van der Waals surface area contributed by atoms with Crippen molar-refractivity contribution in [3.05, 3.63) is 12.3 Å². The Morgan fingerprint density at radius 3 is 2.27 bits per heavy atom. The fraction of sp³-hybridized carbons (Fsp3) is 0.778. The summed E-state index contributed by atoms with van der Waals surface area (Å²) >= 11 is 0. The second kappa shape index (κ2) is 5.62. The van der Waals surface area contributed by atoms with Crippen molar-refractivity contribution in [2.45, 2.75) is 12.1 Å². The van der Waals surface area contributed by atoms with Crippen molar-refractivity contribution in [2.75, 3.05) is 34.5 Å². The summed E-state index contributed by atoms with van der Waals surface area (Å²) in [6.45, 7) is 5.11. The Kier molecular flexibility index (Phi) is 4.74. The van der Waals surface area contributed by atoms with Crippen LogP contribution in [0.4, 0.5) is 0 Å². The van der Waals surface area contributed by atoms with Crippen LogP contribution >= 0.6 is 0 Å². The smallest absolute Gasteiger partial charge is 0.496 e. The van der Waals surface area contributed by atoms with Gasteiger partial charge in [-0.05, 0) is 0 Å². The van der Waals surface area contributed by atoms with E-state index in [2.05, 4.69) is 6.58 Å². The zero-order valence-corrected chi connectivity index (χ0v) is 10.4. The molecule has 88 valence electrons. The standard InChI is InChI=1S/C9H18O5Si/c1-8(13-5-9-6-14-9)7-15(10-2,11-3)12-4/h9H,1,5-7H2,2-4H3. The summed E-state index contributed by atoms with van der Waals surface area (Å²) in [5.41, 5.74) is 0. The number of ether oxygens (including phenoxy) is 2. The fourth-order valence-corrected chi connectivity index (χ4v) is 2.65. The molecule has 1 atom stereocenters. The monoisotopic (exact) mass is 234 g/mol. The molecule has 1 fully saturated rings. The first-order valence-corrected chi connectivity index (χ1v) is 6.66. The third kappa shape index (κ3) is 3.92. The van der Waals surface area contributed by atoms with Gasteiger partial charge in [-0.3, -0.25) is 0 Å². The first kappa shape index (κ1) is 12.7. The predicted octanol–water partition coefficient (Wildman–Crippen LogP) is 0.794. The molecule has 6 heteroatoms. The lowest BCUT2D eigenvalue weighted by molar-refractivity contribution is 0.114. The van der Waals surface area contributed by atoms with Gasteiger partial charge in [-0.25, -0.2) is 0 Å². The van der Waals surface area contributed by atoms with Crippen LogP contribution in [0.5, 0.6) is 0 Å². The normalized spacial score (nSPS) is 20.1. The van der Waals surface area contributed by atoms with Crippen LogP contribution in [0.3, 0.4) is 0 Å². The molecule has 0 radical (unpaired) electrons. The van der Waals surface area contributed by atoms with E-state index >= 15 is 0 Å². The van der Waals surface area contributed by atoms with E-state index in [9.17, 15) is 0 Å². The van der Waals surface area contributed by atoms with Gasteiger partial charge in [-0.15, -0.1) is 0 Å². The maximum atomic E-state index is 5.40. The Balaban J connectivity index is 2.31. The van der Waals surface area contributed by atoms with Gasteiger partial charge in [0.1, 0.15) is 12.7 Å². The highest BCUT2D eigenvalue weighted by Gasteiger charge is 2.39. The van der Waals surface area contributed by atoms with Crippen molar-refractivity contribution < 1.29 is 22.8 Å². The molecule has 0 saturated carbocycles. The van der Waals surface area contributed by atoms with E-state index in [4.69, 9.17) is 22.8 Å². The van der Waals surface area contributed by atoms with Crippen molar-refractivity contribution in [3.63, 3.8) is 0 Å². The summed E-state index contributed by atoms with van der Waals surface area (Å²) < 4.78 is 26.2. The third-order valence-electron chi connectivity index (χ3n) is 2.22. The van der Waals surface area contributed by atoms with E-state index in [-0.39, 0.29) is 6.10 Å². The van der Waals surface area contributed by atoms with Gasteiger partial charge in [0.2, 0.25) is 0 Å². The molecule has 0 amide bonds. The molecule has 1 unspecified atom stereocenters. The third-order valence-corrected chi connectivity index (χ3v) is 4.92. The molecule has 1 rings (SSSR count). The molecular formula is C9H18O5Si. The second-order valence-electron chi connectivity index (χ2n) is 3.28. The Hall–Kier alpha value is -0.403. The van der Waals surface area contributed by atoms with Gasteiger partial charge in [-0.2, -0.15) is 0 Å². The molecule has 1 aliphatic heterocycles. The average molecular weight is 234 g/mol. The lowest BCUT2D eigenvalue weighted by atomic mass is 10.5. The quantitative estimate of drug-likeness (QED) is 0.353. The first-order valence-electron chi connectivity index (χ1n) is 4.73. The van der Waals surface area contributed by atoms with E-state index in [1.807, 2.05) is 0 Å². The summed E-state index contributed by atoms with van der Waals surface area (Å²) in [6.07, 6.45) is 0.227. The van der Waals surface area contributed by atoms with Crippen molar-refractivity contribution in [2.24, 2.45) is 0 Å². The van der Waals surface area contributed by atoms with Crippen molar-refractivity contribution in [3.8, 4) is 0 Å². The zero-order chi connectivity index (χ0) is 11.3. The van der Waals surface area contributed by atoms with Crippen molar-refractivity contribution >= 4 is 8.80 Å². The van der Waals surface area contributed by atoms with Crippen LogP contribution in [0, 0.1) is 0 Å². The number of hydrogen-bond acceptors (Lipinski definition) is 5. The van der Waals surface area contributed by atoms with Gasteiger partial charge in [-0.1, -0.05) is 6.58 Å². The molecule has 0 N–H and O–H groups in total. The summed E-state index contributed by atoms with van der Waals surface area (Å²) in [5.74, 6) is 0.614. The first-order chi connectivity index (χ1) is 7.15. The molecule has 0 aromatic rings. The van der Waals surface area contributed by atoms with E-state index in [1.54, 1.807) is 21.3 Å². The van der Waals surface area contributed by atoms with E-state index in [0.717, 1.165) is 6.61 Å². The van der Waals surface area contributed by atoms with Gasteiger partial charge < -0.3 is 22.8 Å². The van der Waals surface area contributed by atoms with Gasteiger partial charge in [0.25, 0.3) is 0 Å². The minimum Gasteiger partial charge on any atom is -0.496 e. The number of allylic oxidation sites excluding steroid dienone is 1. The summed E-state index contributed by atoms with van der Waals surface area (Å²) in [7, 11) is 2.10. The summed E-state index contributed by atoms with van der Waals surface area (Å²) in [6, 6.07) is 0.462. The Morgan fingerprint density at radius 2 is 1.87 bits per heavy atom. The fourth-order valence-electron chi connectivity index (χ4n) is 1.13. The Labute approximate surface area is 91.3 Å². The van der Waals surface area contributed by atoms with Crippen LogP contribution in [-0.4, -0.2) is 49.5 Å².